The van der Waals surface area contributed by atoms with Gasteiger partial charge in [0.2, 0.25) is 5.91 Å². The van der Waals surface area contributed by atoms with Crippen molar-refractivity contribution in [3.63, 3.8) is 0 Å². The quantitative estimate of drug-likeness (QED) is 0.184. The van der Waals surface area contributed by atoms with Crippen molar-refractivity contribution < 1.29 is 14.7 Å². The number of aromatic nitrogens is 2. The van der Waals surface area contributed by atoms with Gasteiger partial charge in [0.15, 0.2) is 0 Å². The number of hydrogen-bond donors (Lipinski definition) is 3. The highest BCUT2D eigenvalue weighted by Gasteiger charge is 2.44. The van der Waals surface area contributed by atoms with Crippen molar-refractivity contribution in [1.82, 2.24) is 25.1 Å². The van der Waals surface area contributed by atoms with Crippen molar-refractivity contribution >= 4 is 11.9 Å². The van der Waals surface area contributed by atoms with E-state index < -0.39 is 23.6 Å². The summed E-state index contributed by atoms with van der Waals surface area (Å²) in [5, 5.41) is 14.8. The topological polar surface area (TPSA) is 125 Å². The number of aliphatic hydroxyl groups excluding tert-OH is 1. The number of carbonyl (C=O) groups excluding carboxylic acids is 2. The third-order valence-electron chi connectivity index (χ3n) is 8.85. The molecule has 2 aromatic heterocycles. The zero-order valence-electron chi connectivity index (χ0n) is 28.4. The van der Waals surface area contributed by atoms with E-state index >= 15 is 0 Å². The summed E-state index contributed by atoms with van der Waals surface area (Å²) in [7, 11) is 0. The second-order valence-corrected chi connectivity index (χ2v) is 13.9. The first-order valence-corrected chi connectivity index (χ1v) is 16.7. The van der Waals surface area contributed by atoms with Crippen molar-refractivity contribution in [1.29, 1.82) is 0 Å². The van der Waals surface area contributed by atoms with Crippen molar-refractivity contribution in [2.45, 2.75) is 77.7 Å². The summed E-state index contributed by atoms with van der Waals surface area (Å²) in [5.74, 6) is -0.294. The van der Waals surface area contributed by atoms with E-state index in [-0.39, 0.29) is 18.0 Å². The van der Waals surface area contributed by atoms with E-state index in [4.69, 9.17) is 5.73 Å². The van der Waals surface area contributed by atoms with Crippen LogP contribution in [0.25, 0.3) is 11.3 Å². The molecule has 0 spiro atoms. The molecule has 4 aromatic rings. The molecule has 0 unspecified atom stereocenters. The van der Waals surface area contributed by atoms with Crippen LogP contribution in [0.3, 0.4) is 0 Å². The Morgan fingerprint density at radius 1 is 0.917 bits per heavy atom. The molecule has 252 valence electrons. The molecule has 2 aromatic carbocycles. The summed E-state index contributed by atoms with van der Waals surface area (Å²) < 4.78 is 0. The Morgan fingerprint density at radius 2 is 1.62 bits per heavy atom. The molecule has 3 amide bonds. The maximum absolute atomic E-state index is 14.3. The summed E-state index contributed by atoms with van der Waals surface area (Å²) in [6.45, 7) is 9.12. The molecule has 0 radical (unpaired) electrons. The van der Waals surface area contributed by atoms with E-state index in [0.29, 0.717) is 38.9 Å². The minimum Gasteiger partial charge on any atom is -0.391 e. The van der Waals surface area contributed by atoms with Gasteiger partial charge in [0.1, 0.15) is 6.04 Å². The van der Waals surface area contributed by atoms with Gasteiger partial charge < -0.3 is 26.0 Å². The van der Waals surface area contributed by atoms with E-state index in [2.05, 4.69) is 15.3 Å². The molecule has 9 nitrogen and oxygen atoms in total. The number of aryl methyl sites for hydroxylation is 1. The standard InChI is InChI=1S/C39H48N6O3/c1-27-11-10-14-32(42-27)26-44-21-22-45(38(44)48)36(39(2,3)4)37(47)43-34(35(46)25-31(40)23-28-12-6-5-7-13-28)24-29-16-18-30(19-17-29)33-15-8-9-20-41-33/h5-20,31,34-36,46H,21-26,40H2,1-4H3,(H,43,47)/t31-,34-,35+,36+/m0/s1. The van der Waals surface area contributed by atoms with Gasteiger partial charge >= 0.3 is 6.03 Å². The third kappa shape index (κ3) is 9.05. The summed E-state index contributed by atoms with van der Waals surface area (Å²) in [5.41, 5.74) is 11.6. The number of carbonyl (C=O) groups is 2. The van der Waals surface area contributed by atoms with Crippen LogP contribution >= 0.6 is 0 Å². The number of rotatable bonds is 13. The number of benzene rings is 2. The molecule has 3 heterocycles. The van der Waals surface area contributed by atoms with Crippen LogP contribution in [0.4, 0.5) is 4.79 Å². The molecule has 9 heteroatoms. The average molecular weight is 649 g/mol. The first-order valence-electron chi connectivity index (χ1n) is 16.7. The minimum absolute atomic E-state index is 0.194. The molecule has 1 aliphatic rings. The van der Waals surface area contributed by atoms with Gasteiger partial charge in [0, 0.05) is 36.6 Å². The second-order valence-electron chi connectivity index (χ2n) is 13.9. The Morgan fingerprint density at radius 3 is 2.29 bits per heavy atom. The summed E-state index contributed by atoms with van der Waals surface area (Å²) in [4.78, 5) is 40.4. The normalized spacial score (nSPS) is 16.0. The zero-order chi connectivity index (χ0) is 34.3. The average Bonchev–Trinajstić information content (AvgIpc) is 3.39. The van der Waals surface area contributed by atoms with Crippen LogP contribution in [0.5, 0.6) is 0 Å². The Kier molecular flexibility index (Phi) is 11.2. The fourth-order valence-electron chi connectivity index (χ4n) is 6.49. The first kappa shape index (κ1) is 34.7. The molecule has 48 heavy (non-hydrogen) atoms. The highest BCUT2D eigenvalue weighted by Crippen LogP contribution is 2.29. The number of amides is 3. The van der Waals surface area contributed by atoms with Crippen molar-refractivity contribution in [2.24, 2.45) is 11.1 Å². The van der Waals surface area contributed by atoms with Crippen LogP contribution in [-0.2, 0) is 24.2 Å². The monoisotopic (exact) mass is 648 g/mol. The van der Waals surface area contributed by atoms with Crippen LogP contribution in [-0.4, -0.2) is 74.1 Å². The first-order chi connectivity index (χ1) is 23.0. The van der Waals surface area contributed by atoms with E-state index in [1.165, 1.54) is 0 Å². The molecular weight excluding hydrogens is 600 g/mol. The van der Waals surface area contributed by atoms with E-state index in [1.54, 1.807) is 16.0 Å². The van der Waals surface area contributed by atoms with Crippen molar-refractivity contribution in [2.75, 3.05) is 13.1 Å². The fraction of sp³-hybridized carbons (Fsp3) is 0.385. The summed E-state index contributed by atoms with van der Waals surface area (Å²) >= 11 is 0. The molecule has 0 bridgehead atoms. The van der Waals surface area contributed by atoms with Crippen LogP contribution < -0.4 is 11.1 Å². The van der Waals surface area contributed by atoms with Crippen LogP contribution in [0.15, 0.2) is 97.2 Å². The van der Waals surface area contributed by atoms with E-state index in [1.807, 2.05) is 119 Å². The van der Waals surface area contributed by atoms with Gasteiger partial charge in [-0.1, -0.05) is 87.5 Å². The largest absolute Gasteiger partial charge is 0.391 e. The lowest BCUT2D eigenvalue weighted by atomic mass is 9.84. The fourth-order valence-corrected chi connectivity index (χ4v) is 6.49. The number of nitrogens with one attached hydrogen (secondary N) is 1. The predicted molar refractivity (Wildman–Crippen MR) is 189 cm³/mol. The van der Waals surface area contributed by atoms with Gasteiger partial charge in [-0.05, 0) is 67.0 Å². The van der Waals surface area contributed by atoms with Crippen molar-refractivity contribution in [3.8, 4) is 11.3 Å². The summed E-state index contributed by atoms with van der Waals surface area (Å²) in [6.07, 6.45) is 2.15. The highest BCUT2D eigenvalue weighted by atomic mass is 16.3. The van der Waals surface area contributed by atoms with Crippen molar-refractivity contribution in [3.05, 3.63) is 120 Å². The van der Waals surface area contributed by atoms with Gasteiger partial charge in [-0.2, -0.15) is 0 Å². The van der Waals surface area contributed by atoms with E-state index in [9.17, 15) is 14.7 Å². The Balaban J connectivity index is 1.34. The highest BCUT2D eigenvalue weighted by molar-refractivity contribution is 5.89. The lowest BCUT2D eigenvalue weighted by Crippen LogP contribution is -2.58. The van der Waals surface area contributed by atoms with Gasteiger partial charge in [-0.15, -0.1) is 0 Å². The molecule has 1 saturated heterocycles. The Labute approximate surface area is 284 Å². The molecule has 5 rings (SSSR count). The predicted octanol–water partition coefficient (Wildman–Crippen LogP) is 5.15. The SMILES string of the molecule is Cc1cccc(CN2CCN([C@H](C(=O)N[C@@H](Cc3ccc(-c4ccccn4)cc3)[C@H](O)C[C@@H](N)Cc3ccccc3)C(C)(C)C)C2=O)n1. The maximum Gasteiger partial charge on any atom is 0.321 e. The molecule has 0 aliphatic carbocycles. The van der Waals surface area contributed by atoms with Crippen LogP contribution in [0.1, 0.15) is 49.7 Å². The molecule has 1 aliphatic heterocycles. The number of urea groups is 1. The van der Waals surface area contributed by atoms with Crippen LogP contribution in [0, 0.1) is 12.3 Å². The lowest BCUT2D eigenvalue weighted by Gasteiger charge is -2.38. The smallest absolute Gasteiger partial charge is 0.321 e. The number of nitrogens with zero attached hydrogens (tertiary/aromatic N) is 4. The van der Waals surface area contributed by atoms with Gasteiger partial charge in [-0.25, -0.2) is 4.79 Å². The molecule has 1 fully saturated rings. The second kappa shape index (κ2) is 15.5. The van der Waals surface area contributed by atoms with Gasteiger partial charge in [0.05, 0.1) is 30.1 Å². The van der Waals surface area contributed by atoms with Gasteiger partial charge in [0.25, 0.3) is 0 Å². The Bertz CT molecular complexity index is 1640. The zero-order valence-corrected chi connectivity index (χ0v) is 28.4. The third-order valence-corrected chi connectivity index (χ3v) is 8.85. The minimum atomic E-state index is -0.915. The number of hydrogen-bond acceptors (Lipinski definition) is 6. The number of nitrogens with two attached hydrogens (primary N) is 1. The van der Waals surface area contributed by atoms with Crippen LogP contribution in [0.2, 0.25) is 0 Å². The number of aliphatic hydroxyl groups is 1. The lowest BCUT2D eigenvalue weighted by molar-refractivity contribution is -0.130. The molecule has 4 atom stereocenters. The molecule has 0 saturated carbocycles. The van der Waals surface area contributed by atoms with Gasteiger partial charge in [-0.3, -0.25) is 14.8 Å². The summed E-state index contributed by atoms with van der Waals surface area (Å²) in [6, 6.07) is 27.6. The molecule has 4 N–H and O–H groups in total. The maximum atomic E-state index is 14.3. The number of pyridine rings is 2. The Hall–Kier alpha value is -4.60. The molecular formula is C39H48N6O3. The van der Waals surface area contributed by atoms with E-state index in [0.717, 1.165) is 33.8 Å².